The number of hydrogen-bond acceptors (Lipinski definition) is 4. The predicted molar refractivity (Wildman–Crippen MR) is 74.8 cm³/mol. The van der Waals surface area contributed by atoms with Crippen LogP contribution in [-0.4, -0.2) is 62.3 Å². The molecule has 2 heterocycles. The lowest BCUT2D eigenvalue weighted by Crippen LogP contribution is -2.47. The summed E-state index contributed by atoms with van der Waals surface area (Å²) in [5.41, 5.74) is 0.386. The van der Waals surface area contributed by atoms with Gasteiger partial charge in [0.2, 0.25) is 0 Å². The molecule has 0 aromatic carbocycles. The highest BCUT2D eigenvalue weighted by Gasteiger charge is 2.36. The fourth-order valence-corrected chi connectivity index (χ4v) is 3.71. The molecule has 0 spiro atoms. The molecular weight excluding hydrogens is 232 g/mol. The Labute approximate surface area is 110 Å². The molecule has 0 aliphatic carbocycles. The van der Waals surface area contributed by atoms with Gasteiger partial charge in [0.05, 0.1) is 6.61 Å². The van der Waals surface area contributed by atoms with E-state index in [1.54, 1.807) is 0 Å². The van der Waals surface area contributed by atoms with Crippen LogP contribution in [0, 0.1) is 5.41 Å². The summed E-state index contributed by atoms with van der Waals surface area (Å²) in [6.45, 7) is 10.2. The summed E-state index contributed by atoms with van der Waals surface area (Å²) in [5, 5.41) is 3.60. The van der Waals surface area contributed by atoms with Crippen molar-refractivity contribution >= 4 is 11.8 Å². The predicted octanol–water partition coefficient (Wildman–Crippen LogP) is 1.44. The third-order valence-corrected chi connectivity index (χ3v) is 4.72. The Bertz CT molecular complexity index is 213. The minimum atomic E-state index is 0.386. The van der Waals surface area contributed by atoms with Crippen LogP contribution < -0.4 is 5.32 Å². The maximum Gasteiger partial charge on any atom is 0.0547 e. The van der Waals surface area contributed by atoms with Crippen LogP contribution >= 0.6 is 11.8 Å². The molecule has 2 aliphatic heterocycles. The van der Waals surface area contributed by atoms with Crippen molar-refractivity contribution in [2.45, 2.75) is 19.8 Å². The summed E-state index contributed by atoms with van der Waals surface area (Å²) in [6, 6.07) is 0. The van der Waals surface area contributed by atoms with Crippen LogP contribution in [0.1, 0.15) is 19.8 Å². The normalized spacial score (nSPS) is 30.9. The van der Waals surface area contributed by atoms with E-state index in [2.05, 4.69) is 28.9 Å². The van der Waals surface area contributed by atoms with Crippen LogP contribution in [-0.2, 0) is 4.74 Å². The van der Waals surface area contributed by atoms with Gasteiger partial charge in [-0.05, 0) is 19.4 Å². The first-order chi connectivity index (χ1) is 8.35. The molecule has 2 rings (SSSR count). The van der Waals surface area contributed by atoms with Crippen LogP contribution in [0.25, 0.3) is 0 Å². The molecule has 2 fully saturated rings. The molecule has 17 heavy (non-hydrogen) atoms. The third kappa shape index (κ3) is 4.12. The van der Waals surface area contributed by atoms with Gasteiger partial charge < -0.3 is 15.0 Å². The molecule has 2 aliphatic rings. The lowest BCUT2D eigenvalue weighted by molar-refractivity contribution is 0.113. The van der Waals surface area contributed by atoms with Gasteiger partial charge >= 0.3 is 0 Å². The van der Waals surface area contributed by atoms with Gasteiger partial charge in [-0.2, -0.15) is 11.8 Å². The Morgan fingerprint density at radius 3 is 2.82 bits per heavy atom. The largest absolute Gasteiger partial charge is 0.381 e. The molecule has 0 bridgehead atoms. The van der Waals surface area contributed by atoms with Gasteiger partial charge in [0.15, 0.2) is 0 Å². The first kappa shape index (κ1) is 13.7. The first-order valence-corrected chi connectivity index (χ1v) is 8.09. The number of nitrogens with one attached hydrogen (secondary N) is 1. The van der Waals surface area contributed by atoms with Crippen LogP contribution in [0.15, 0.2) is 0 Å². The van der Waals surface area contributed by atoms with Crippen molar-refractivity contribution in [3.8, 4) is 0 Å². The molecule has 0 aromatic heterocycles. The van der Waals surface area contributed by atoms with Gasteiger partial charge in [-0.1, -0.05) is 6.92 Å². The van der Waals surface area contributed by atoms with Crippen LogP contribution in [0.2, 0.25) is 0 Å². The second kappa shape index (κ2) is 6.98. The summed E-state index contributed by atoms with van der Waals surface area (Å²) in [4.78, 5) is 2.64. The van der Waals surface area contributed by atoms with E-state index in [4.69, 9.17) is 4.74 Å². The number of hydrogen-bond donors (Lipinski definition) is 1. The summed E-state index contributed by atoms with van der Waals surface area (Å²) in [6.07, 6.45) is 2.45. The molecule has 0 amide bonds. The third-order valence-electron chi connectivity index (χ3n) is 3.77. The van der Waals surface area contributed by atoms with Crippen molar-refractivity contribution in [1.29, 1.82) is 0 Å². The van der Waals surface area contributed by atoms with E-state index in [1.165, 1.54) is 44.0 Å². The molecule has 0 radical (unpaired) electrons. The highest BCUT2D eigenvalue weighted by atomic mass is 32.2. The maximum absolute atomic E-state index is 5.66. The van der Waals surface area contributed by atoms with Gasteiger partial charge in [-0.25, -0.2) is 0 Å². The van der Waals surface area contributed by atoms with E-state index in [0.717, 1.165) is 26.3 Å². The van der Waals surface area contributed by atoms with E-state index in [9.17, 15) is 0 Å². The summed E-state index contributed by atoms with van der Waals surface area (Å²) in [7, 11) is 0. The zero-order chi connectivity index (χ0) is 12.0. The second-order valence-electron chi connectivity index (χ2n) is 5.37. The van der Waals surface area contributed by atoms with Gasteiger partial charge in [0.1, 0.15) is 0 Å². The van der Waals surface area contributed by atoms with E-state index < -0.39 is 0 Å². The molecule has 4 heteroatoms. The Hall–Kier alpha value is 0.230. The van der Waals surface area contributed by atoms with Crippen molar-refractivity contribution in [3.63, 3.8) is 0 Å². The van der Waals surface area contributed by atoms with Gasteiger partial charge in [0.25, 0.3) is 0 Å². The van der Waals surface area contributed by atoms with E-state index in [0.29, 0.717) is 5.41 Å². The Morgan fingerprint density at radius 2 is 2.18 bits per heavy atom. The lowest BCUT2D eigenvalue weighted by atomic mass is 9.86. The molecule has 2 saturated heterocycles. The summed E-state index contributed by atoms with van der Waals surface area (Å²) >= 11 is 2.09. The summed E-state index contributed by atoms with van der Waals surface area (Å²) in [5.74, 6) is 2.61. The molecule has 1 N–H and O–H groups in total. The minimum absolute atomic E-state index is 0.386. The van der Waals surface area contributed by atoms with Crippen molar-refractivity contribution in [2.24, 2.45) is 5.41 Å². The maximum atomic E-state index is 5.66. The molecule has 100 valence electrons. The van der Waals surface area contributed by atoms with Gasteiger partial charge in [-0.3, -0.25) is 0 Å². The molecule has 1 unspecified atom stereocenters. The molecule has 1 atom stereocenters. The molecule has 0 saturated carbocycles. The van der Waals surface area contributed by atoms with Gasteiger partial charge in [0, 0.05) is 49.7 Å². The second-order valence-corrected chi connectivity index (χ2v) is 6.59. The van der Waals surface area contributed by atoms with Crippen molar-refractivity contribution in [2.75, 3.05) is 57.4 Å². The van der Waals surface area contributed by atoms with Crippen molar-refractivity contribution in [1.82, 2.24) is 10.2 Å². The lowest BCUT2D eigenvalue weighted by Gasteiger charge is -2.36. The Morgan fingerprint density at radius 1 is 1.35 bits per heavy atom. The van der Waals surface area contributed by atoms with Gasteiger partial charge in [-0.15, -0.1) is 0 Å². The molecule has 0 aromatic rings. The van der Waals surface area contributed by atoms with Crippen molar-refractivity contribution in [3.05, 3.63) is 0 Å². The zero-order valence-electron chi connectivity index (χ0n) is 11.0. The average molecular weight is 258 g/mol. The average Bonchev–Trinajstić information content (AvgIpc) is 2.80. The van der Waals surface area contributed by atoms with E-state index >= 15 is 0 Å². The first-order valence-electron chi connectivity index (χ1n) is 6.93. The Kier molecular flexibility index (Phi) is 5.60. The van der Waals surface area contributed by atoms with Crippen LogP contribution in [0.5, 0.6) is 0 Å². The summed E-state index contributed by atoms with van der Waals surface area (Å²) < 4.78 is 5.66. The number of thioether (sulfide) groups is 1. The zero-order valence-corrected chi connectivity index (χ0v) is 11.9. The molecule has 3 nitrogen and oxygen atoms in total. The fourth-order valence-electron chi connectivity index (χ4n) is 2.73. The van der Waals surface area contributed by atoms with E-state index in [1.807, 2.05) is 0 Å². The SMILES string of the molecule is CCCNCC1(CN2CCSCC2)CCOC1. The topological polar surface area (TPSA) is 24.5 Å². The number of rotatable bonds is 6. The Balaban J connectivity index is 1.82. The smallest absolute Gasteiger partial charge is 0.0547 e. The van der Waals surface area contributed by atoms with Crippen LogP contribution in [0.3, 0.4) is 0 Å². The highest BCUT2D eigenvalue weighted by molar-refractivity contribution is 7.99. The van der Waals surface area contributed by atoms with Crippen molar-refractivity contribution < 1.29 is 4.74 Å². The van der Waals surface area contributed by atoms with Crippen LogP contribution in [0.4, 0.5) is 0 Å². The standard InChI is InChI=1S/C13H26N2OS/c1-2-4-14-10-13(3-7-16-12-13)11-15-5-8-17-9-6-15/h14H,2-12H2,1H3. The molecular formula is C13H26N2OS. The fraction of sp³-hybridized carbons (Fsp3) is 1.00. The number of ether oxygens (including phenoxy) is 1. The van der Waals surface area contributed by atoms with E-state index in [-0.39, 0.29) is 0 Å². The quantitative estimate of drug-likeness (QED) is 0.729. The number of nitrogens with zero attached hydrogens (tertiary/aromatic N) is 1. The monoisotopic (exact) mass is 258 g/mol. The minimum Gasteiger partial charge on any atom is -0.381 e. The highest BCUT2D eigenvalue weighted by Crippen LogP contribution is 2.30.